The van der Waals surface area contributed by atoms with Gasteiger partial charge in [-0.2, -0.15) is 0 Å². The molecule has 84 valence electrons. The minimum Gasteiger partial charge on any atom is -0.463 e. The van der Waals surface area contributed by atoms with E-state index in [-0.39, 0.29) is 17.3 Å². The quantitative estimate of drug-likeness (QED) is 0.746. The highest BCUT2D eigenvalue weighted by molar-refractivity contribution is 7.88. The van der Waals surface area contributed by atoms with Gasteiger partial charge in [-0.3, -0.25) is 0 Å². The number of nitrogens with one attached hydrogen (secondary N) is 1. The number of furan rings is 1. The number of carbonyl (C=O) groups excluding carboxylic acids is 1. The monoisotopic (exact) mass is 233 g/mol. The van der Waals surface area contributed by atoms with Crippen molar-refractivity contribution >= 4 is 16.0 Å². The lowest BCUT2D eigenvalue weighted by atomic mass is 10.4. The minimum atomic E-state index is -3.39. The number of hydrogen-bond acceptors (Lipinski definition) is 5. The predicted molar refractivity (Wildman–Crippen MR) is 51.7 cm³/mol. The SMILES string of the molecule is CNS(=O)(=O)Cc1ccc(C(=O)OC)o1. The molecule has 1 heterocycles. The van der Waals surface area contributed by atoms with Crippen LogP contribution in [-0.4, -0.2) is 28.5 Å². The summed E-state index contributed by atoms with van der Waals surface area (Å²) in [6.45, 7) is 0. The summed E-state index contributed by atoms with van der Waals surface area (Å²) in [6, 6.07) is 2.79. The highest BCUT2D eigenvalue weighted by atomic mass is 32.2. The zero-order valence-corrected chi connectivity index (χ0v) is 9.13. The maximum Gasteiger partial charge on any atom is 0.373 e. The molecule has 0 aromatic carbocycles. The Bertz CT molecular complexity index is 447. The smallest absolute Gasteiger partial charge is 0.373 e. The van der Waals surface area contributed by atoms with E-state index in [1.807, 2.05) is 0 Å². The van der Waals surface area contributed by atoms with Gasteiger partial charge in [-0.1, -0.05) is 0 Å². The van der Waals surface area contributed by atoms with E-state index in [2.05, 4.69) is 9.46 Å². The lowest BCUT2D eigenvalue weighted by Gasteiger charge is -1.98. The molecule has 0 saturated carbocycles. The van der Waals surface area contributed by atoms with Gasteiger partial charge in [-0.25, -0.2) is 17.9 Å². The topological polar surface area (TPSA) is 85.6 Å². The average molecular weight is 233 g/mol. The summed E-state index contributed by atoms with van der Waals surface area (Å²) in [6.07, 6.45) is 0. The molecule has 0 atom stereocenters. The van der Waals surface area contributed by atoms with Crippen LogP contribution in [0, 0.1) is 0 Å². The molecule has 15 heavy (non-hydrogen) atoms. The van der Waals surface area contributed by atoms with Crippen molar-refractivity contribution in [3.05, 3.63) is 23.7 Å². The van der Waals surface area contributed by atoms with Crippen molar-refractivity contribution in [3.63, 3.8) is 0 Å². The first-order valence-electron chi connectivity index (χ1n) is 4.07. The Labute approximate surface area is 87.3 Å². The largest absolute Gasteiger partial charge is 0.463 e. The van der Waals surface area contributed by atoms with Gasteiger partial charge in [-0.15, -0.1) is 0 Å². The molecule has 1 aromatic rings. The number of carbonyl (C=O) groups is 1. The lowest BCUT2D eigenvalue weighted by molar-refractivity contribution is 0.0563. The zero-order chi connectivity index (χ0) is 11.5. The standard InChI is InChI=1S/C8H11NO5S/c1-9-15(11,12)5-6-3-4-7(14-6)8(10)13-2/h3-4,9H,5H2,1-2H3. The molecule has 0 aliphatic heterocycles. The maximum absolute atomic E-state index is 11.1. The van der Waals surface area contributed by atoms with E-state index in [9.17, 15) is 13.2 Å². The second-order valence-electron chi connectivity index (χ2n) is 2.72. The first kappa shape index (κ1) is 11.7. The van der Waals surface area contributed by atoms with Gasteiger partial charge in [0.1, 0.15) is 11.5 Å². The van der Waals surface area contributed by atoms with E-state index in [0.717, 1.165) is 0 Å². The maximum atomic E-state index is 11.1. The Morgan fingerprint density at radius 3 is 2.73 bits per heavy atom. The second-order valence-corrected chi connectivity index (χ2v) is 4.65. The van der Waals surface area contributed by atoms with Crippen molar-refractivity contribution in [3.8, 4) is 0 Å². The minimum absolute atomic E-state index is 0.0150. The van der Waals surface area contributed by atoms with Crippen LogP contribution in [-0.2, 0) is 20.5 Å². The second kappa shape index (κ2) is 4.45. The van der Waals surface area contributed by atoms with Crippen LogP contribution < -0.4 is 4.72 Å². The van der Waals surface area contributed by atoms with Crippen LogP contribution in [0.5, 0.6) is 0 Å². The molecule has 0 unspecified atom stereocenters. The molecule has 0 amide bonds. The predicted octanol–water partition coefficient (Wildman–Crippen LogP) is 0.115. The normalized spacial score (nSPS) is 11.3. The van der Waals surface area contributed by atoms with E-state index in [0.29, 0.717) is 0 Å². The van der Waals surface area contributed by atoms with E-state index in [1.165, 1.54) is 26.3 Å². The molecule has 6 nitrogen and oxygen atoms in total. The Kier molecular flexibility index (Phi) is 3.48. The van der Waals surface area contributed by atoms with Crippen LogP contribution in [0.1, 0.15) is 16.3 Å². The molecule has 0 fully saturated rings. The van der Waals surface area contributed by atoms with Crippen LogP contribution >= 0.6 is 0 Å². The number of esters is 1. The highest BCUT2D eigenvalue weighted by Gasteiger charge is 2.15. The number of hydrogen-bond donors (Lipinski definition) is 1. The van der Waals surface area contributed by atoms with Gasteiger partial charge in [0.2, 0.25) is 15.8 Å². The van der Waals surface area contributed by atoms with E-state index >= 15 is 0 Å². The highest BCUT2D eigenvalue weighted by Crippen LogP contribution is 2.11. The molecule has 1 aromatic heterocycles. The fourth-order valence-corrected chi connectivity index (χ4v) is 1.60. The molecule has 0 radical (unpaired) electrons. The number of methoxy groups -OCH3 is 1. The van der Waals surface area contributed by atoms with E-state index in [4.69, 9.17) is 4.42 Å². The van der Waals surface area contributed by atoms with Gasteiger partial charge in [0.25, 0.3) is 0 Å². The van der Waals surface area contributed by atoms with Gasteiger partial charge in [0.05, 0.1) is 7.11 Å². The summed E-state index contributed by atoms with van der Waals surface area (Å²) in [4.78, 5) is 11.0. The van der Waals surface area contributed by atoms with Crippen molar-refractivity contribution < 1.29 is 22.4 Å². The van der Waals surface area contributed by atoms with Crippen molar-refractivity contribution in [1.29, 1.82) is 0 Å². The molecule has 1 rings (SSSR count). The Hall–Kier alpha value is -1.34. The summed E-state index contributed by atoms with van der Waals surface area (Å²) >= 11 is 0. The number of rotatable bonds is 4. The molecular formula is C8H11NO5S. The van der Waals surface area contributed by atoms with Gasteiger partial charge in [0.15, 0.2) is 0 Å². The lowest BCUT2D eigenvalue weighted by Crippen LogP contribution is -2.20. The third kappa shape index (κ3) is 3.07. The van der Waals surface area contributed by atoms with E-state index in [1.54, 1.807) is 0 Å². The van der Waals surface area contributed by atoms with E-state index < -0.39 is 16.0 Å². The number of sulfonamides is 1. The summed E-state index contributed by atoms with van der Waals surface area (Å²) in [5.74, 6) is -0.771. The van der Waals surface area contributed by atoms with Gasteiger partial charge in [-0.05, 0) is 19.2 Å². The van der Waals surface area contributed by atoms with Gasteiger partial charge < -0.3 is 9.15 Å². The number of ether oxygens (including phenoxy) is 1. The van der Waals surface area contributed by atoms with Crippen LogP contribution in [0.4, 0.5) is 0 Å². The third-order valence-electron chi connectivity index (χ3n) is 1.69. The molecule has 1 N–H and O–H groups in total. The molecule has 0 bridgehead atoms. The van der Waals surface area contributed by atoms with Crippen molar-refractivity contribution in [2.24, 2.45) is 0 Å². The van der Waals surface area contributed by atoms with Gasteiger partial charge in [0, 0.05) is 0 Å². The Morgan fingerprint density at radius 1 is 1.53 bits per heavy atom. The average Bonchev–Trinajstić information content (AvgIpc) is 2.64. The molecule has 7 heteroatoms. The molecule has 0 saturated heterocycles. The summed E-state index contributed by atoms with van der Waals surface area (Å²) in [7, 11) is -0.865. The van der Waals surface area contributed by atoms with Crippen LogP contribution in [0.3, 0.4) is 0 Å². The molecular weight excluding hydrogens is 222 g/mol. The summed E-state index contributed by atoms with van der Waals surface area (Å²) in [5.41, 5.74) is 0. The van der Waals surface area contributed by atoms with Crippen molar-refractivity contribution in [2.45, 2.75) is 5.75 Å². The van der Waals surface area contributed by atoms with Crippen LogP contribution in [0.2, 0.25) is 0 Å². The van der Waals surface area contributed by atoms with Gasteiger partial charge >= 0.3 is 5.97 Å². The zero-order valence-electron chi connectivity index (χ0n) is 8.31. The first-order valence-corrected chi connectivity index (χ1v) is 5.72. The fourth-order valence-electron chi connectivity index (χ4n) is 0.925. The molecule has 0 aliphatic carbocycles. The summed E-state index contributed by atoms with van der Waals surface area (Å²) in [5, 5.41) is 0. The third-order valence-corrected chi connectivity index (χ3v) is 2.98. The summed E-state index contributed by atoms with van der Waals surface area (Å²) < 4.78 is 33.8. The van der Waals surface area contributed by atoms with Crippen molar-refractivity contribution in [1.82, 2.24) is 4.72 Å². The Morgan fingerprint density at radius 2 is 2.20 bits per heavy atom. The molecule has 0 spiro atoms. The van der Waals surface area contributed by atoms with Crippen LogP contribution in [0.25, 0.3) is 0 Å². The van der Waals surface area contributed by atoms with Crippen molar-refractivity contribution in [2.75, 3.05) is 14.2 Å². The first-order chi connectivity index (χ1) is 6.98. The fraction of sp³-hybridized carbons (Fsp3) is 0.375. The Balaban J connectivity index is 2.82. The van der Waals surface area contributed by atoms with Crippen LogP contribution in [0.15, 0.2) is 16.5 Å². The molecule has 0 aliphatic rings.